The number of allylic oxidation sites excluding steroid dienone is 2. The molecule has 1 aliphatic carbocycles. The van der Waals surface area contributed by atoms with E-state index in [2.05, 4.69) is 6.08 Å². The van der Waals surface area contributed by atoms with Crippen LogP contribution in [0.5, 0.6) is 0 Å². The minimum Gasteiger partial charge on any atom is -0.471 e. The minimum atomic E-state index is 0.153. The van der Waals surface area contributed by atoms with E-state index in [0.717, 1.165) is 6.42 Å². The molecule has 11 heavy (non-hydrogen) atoms. The summed E-state index contributed by atoms with van der Waals surface area (Å²) in [6.07, 6.45) is 11.1. The van der Waals surface area contributed by atoms with Crippen molar-refractivity contribution in [3.63, 3.8) is 0 Å². The van der Waals surface area contributed by atoms with Crippen molar-refractivity contribution in [2.45, 2.75) is 12.5 Å². The third kappa shape index (κ3) is 3.08. The molecule has 0 unspecified atom stereocenters. The minimum absolute atomic E-state index is 0.153. The second-order valence-electron chi connectivity index (χ2n) is 2.16. The third-order valence-electron chi connectivity index (χ3n) is 1.36. The molecule has 0 fully saturated rings. The molecule has 0 amide bonds. The van der Waals surface area contributed by atoms with E-state index in [9.17, 15) is 0 Å². The molecule has 60 valence electrons. The van der Waals surface area contributed by atoms with Gasteiger partial charge in [-0.25, -0.2) is 0 Å². The third-order valence-corrected chi connectivity index (χ3v) is 2.38. The normalized spacial score (nSPS) is 21.7. The molecule has 0 aliphatic heterocycles. The molecular weight excluding hydrogens is 176 g/mol. The number of hydrogen-bond donors (Lipinski definition) is 0. The predicted octanol–water partition coefficient (Wildman–Crippen LogP) is 2.54. The van der Waals surface area contributed by atoms with Crippen LogP contribution in [0.3, 0.4) is 0 Å². The monoisotopic (exact) mass is 186 g/mol. The van der Waals surface area contributed by atoms with Crippen LogP contribution in [0.25, 0.3) is 0 Å². The first kappa shape index (κ1) is 8.81. The van der Waals surface area contributed by atoms with E-state index in [1.807, 2.05) is 24.5 Å². The number of ether oxygens (including phenoxy) is 1. The Kier molecular flexibility index (Phi) is 3.66. The van der Waals surface area contributed by atoms with Crippen LogP contribution in [-0.2, 0) is 4.74 Å². The number of thiocarbonyl (C=S) groups is 1. The molecule has 0 spiro atoms. The van der Waals surface area contributed by atoms with Crippen molar-refractivity contribution in [2.75, 3.05) is 6.26 Å². The molecule has 0 saturated heterocycles. The molecule has 0 N–H and O–H groups in total. The van der Waals surface area contributed by atoms with Gasteiger partial charge in [0.05, 0.1) is 0 Å². The largest absolute Gasteiger partial charge is 0.471 e. The SMILES string of the molecule is CSC(=S)O[C@@H]1C=CC=CC1. The summed E-state index contributed by atoms with van der Waals surface area (Å²) in [5.41, 5.74) is 0. The summed E-state index contributed by atoms with van der Waals surface area (Å²) in [6.45, 7) is 0. The first-order chi connectivity index (χ1) is 5.33. The Morgan fingerprint density at radius 3 is 3.00 bits per heavy atom. The molecule has 0 aromatic rings. The molecule has 0 bridgehead atoms. The second-order valence-corrected chi connectivity index (χ2v) is 3.57. The maximum atomic E-state index is 5.40. The van der Waals surface area contributed by atoms with Gasteiger partial charge in [-0.15, -0.1) is 0 Å². The van der Waals surface area contributed by atoms with Crippen LogP contribution >= 0.6 is 24.0 Å². The highest BCUT2D eigenvalue weighted by Gasteiger charge is 2.07. The average molecular weight is 186 g/mol. The van der Waals surface area contributed by atoms with Crippen molar-refractivity contribution in [1.29, 1.82) is 0 Å². The van der Waals surface area contributed by atoms with E-state index < -0.39 is 0 Å². The first-order valence-electron chi connectivity index (χ1n) is 3.41. The summed E-state index contributed by atoms with van der Waals surface area (Å²) >= 11 is 6.39. The highest BCUT2D eigenvalue weighted by molar-refractivity contribution is 8.22. The van der Waals surface area contributed by atoms with Crippen LogP contribution in [0.15, 0.2) is 24.3 Å². The maximum Gasteiger partial charge on any atom is 0.220 e. The van der Waals surface area contributed by atoms with Crippen molar-refractivity contribution in [3.8, 4) is 0 Å². The van der Waals surface area contributed by atoms with Crippen molar-refractivity contribution in [3.05, 3.63) is 24.3 Å². The summed E-state index contributed by atoms with van der Waals surface area (Å²) in [7, 11) is 0. The van der Waals surface area contributed by atoms with Gasteiger partial charge in [0, 0.05) is 6.42 Å². The van der Waals surface area contributed by atoms with Gasteiger partial charge < -0.3 is 4.74 Å². The lowest BCUT2D eigenvalue weighted by Crippen LogP contribution is -2.12. The van der Waals surface area contributed by atoms with E-state index in [1.54, 1.807) is 0 Å². The summed E-state index contributed by atoms with van der Waals surface area (Å²) in [5.74, 6) is 0. The Balaban J connectivity index is 2.33. The fraction of sp³-hybridized carbons (Fsp3) is 0.375. The molecule has 0 saturated carbocycles. The molecular formula is C8H10OS2. The standard InChI is InChI=1S/C8H10OS2/c1-11-8(10)9-7-5-3-2-4-6-7/h2-5,7H,6H2,1H3/t7-/m1/s1. The lowest BCUT2D eigenvalue weighted by Gasteiger charge is -2.14. The molecule has 0 aromatic carbocycles. The molecule has 1 aliphatic rings. The average Bonchev–Trinajstić information content (AvgIpc) is 2.06. The summed E-state index contributed by atoms with van der Waals surface area (Å²) in [6, 6.07) is 0. The van der Waals surface area contributed by atoms with Gasteiger partial charge in [0.15, 0.2) is 0 Å². The Morgan fingerprint density at radius 2 is 2.45 bits per heavy atom. The Bertz CT molecular complexity index is 196. The Labute approximate surface area is 76.5 Å². The van der Waals surface area contributed by atoms with Gasteiger partial charge in [0.25, 0.3) is 0 Å². The zero-order valence-electron chi connectivity index (χ0n) is 6.32. The molecule has 3 heteroatoms. The molecule has 1 nitrogen and oxygen atoms in total. The van der Waals surface area contributed by atoms with Gasteiger partial charge in [-0.2, -0.15) is 0 Å². The van der Waals surface area contributed by atoms with Gasteiger partial charge in [-0.05, 0) is 24.5 Å². The number of thioether (sulfide) groups is 1. The van der Waals surface area contributed by atoms with E-state index in [-0.39, 0.29) is 6.10 Å². The van der Waals surface area contributed by atoms with E-state index in [1.165, 1.54) is 11.8 Å². The zero-order chi connectivity index (χ0) is 8.10. The van der Waals surface area contributed by atoms with Crippen molar-refractivity contribution in [1.82, 2.24) is 0 Å². The summed E-state index contributed by atoms with van der Waals surface area (Å²) in [5, 5.41) is 0. The lowest BCUT2D eigenvalue weighted by atomic mass is 10.1. The number of hydrogen-bond acceptors (Lipinski definition) is 3. The Morgan fingerprint density at radius 1 is 1.64 bits per heavy atom. The van der Waals surface area contributed by atoms with Crippen LogP contribution in [0.4, 0.5) is 0 Å². The van der Waals surface area contributed by atoms with E-state index in [0.29, 0.717) is 4.38 Å². The highest BCUT2D eigenvalue weighted by atomic mass is 32.2. The molecule has 1 atom stereocenters. The van der Waals surface area contributed by atoms with Crippen LogP contribution in [-0.4, -0.2) is 16.7 Å². The zero-order valence-corrected chi connectivity index (χ0v) is 7.95. The number of rotatable bonds is 1. The molecule has 1 rings (SSSR count). The fourth-order valence-electron chi connectivity index (χ4n) is 0.817. The summed E-state index contributed by atoms with van der Waals surface area (Å²) in [4.78, 5) is 0. The van der Waals surface area contributed by atoms with Crippen molar-refractivity contribution < 1.29 is 4.74 Å². The van der Waals surface area contributed by atoms with Crippen LogP contribution in [0, 0.1) is 0 Å². The van der Waals surface area contributed by atoms with E-state index in [4.69, 9.17) is 17.0 Å². The van der Waals surface area contributed by atoms with Crippen molar-refractivity contribution >= 4 is 28.4 Å². The quantitative estimate of drug-likeness (QED) is 0.582. The van der Waals surface area contributed by atoms with E-state index >= 15 is 0 Å². The van der Waals surface area contributed by atoms with Crippen LogP contribution < -0.4 is 0 Å². The first-order valence-corrected chi connectivity index (χ1v) is 5.04. The smallest absolute Gasteiger partial charge is 0.220 e. The van der Waals surface area contributed by atoms with Crippen LogP contribution in [0.1, 0.15) is 6.42 Å². The van der Waals surface area contributed by atoms with Gasteiger partial charge in [-0.3, -0.25) is 0 Å². The van der Waals surface area contributed by atoms with Gasteiger partial charge in [0.2, 0.25) is 4.38 Å². The highest BCUT2D eigenvalue weighted by Crippen LogP contribution is 2.11. The predicted molar refractivity (Wildman–Crippen MR) is 53.9 cm³/mol. The molecule has 0 heterocycles. The molecule has 0 radical (unpaired) electrons. The second kappa shape index (κ2) is 4.57. The Hall–Kier alpha value is -0.280. The molecule has 0 aromatic heterocycles. The van der Waals surface area contributed by atoms with Gasteiger partial charge in [-0.1, -0.05) is 30.0 Å². The van der Waals surface area contributed by atoms with Crippen molar-refractivity contribution in [2.24, 2.45) is 0 Å². The van der Waals surface area contributed by atoms with Gasteiger partial charge in [0.1, 0.15) is 6.10 Å². The maximum absolute atomic E-state index is 5.40. The lowest BCUT2D eigenvalue weighted by molar-refractivity contribution is 0.253. The topological polar surface area (TPSA) is 9.23 Å². The van der Waals surface area contributed by atoms with Gasteiger partial charge >= 0.3 is 0 Å². The summed E-state index contributed by atoms with van der Waals surface area (Å²) < 4.78 is 6.02. The fourth-order valence-corrected chi connectivity index (χ4v) is 1.16. The van der Waals surface area contributed by atoms with Crippen LogP contribution in [0.2, 0.25) is 0 Å².